The van der Waals surface area contributed by atoms with Gasteiger partial charge in [-0.2, -0.15) is 0 Å². The van der Waals surface area contributed by atoms with Crippen LogP contribution < -0.4 is 15.4 Å². The minimum absolute atomic E-state index is 0.0769. The number of imide groups is 1. The van der Waals surface area contributed by atoms with E-state index in [0.29, 0.717) is 20.6 Å². The van der Waals surface area contributed by atoms with Crippen LogP contribution in [-0.4, -0.2) is 63.3 Å². The van der Waals surface area contributed by atoms with E-state index in [2.05, 4.69) is 15.6 Å². The molecule has 0 aliphatic carbocycles. The number of benzene rings is 2. The third-order valence-electron chi connectivity index (χ3n) is 5.77. The zero-order valence-corrected chi connectivity index (χ0v) is 22.0. The number of ether oxygens (including phenoxy) is 1. The lowest BCUT2D eigenvalue weighted by Gasteiger charge is -2.24. The van der Waals surface area contributed by atoms with Crippen LogP contribution in [0.1, 0.15) is 17.3 Å². The summed E-state index contributed by atoms with van der Waals surface area (Å²) in [5.74, 6) is -1.66. The normalized spacial score (nSPS) is 16.6. The van der Waals surface area contributed by atoms with Crippen LogP contribution in [0.15, 0.2) is 66.9 Å². The lowest BCUT2D eigenvalue weighted by molar-refractivity contribution is -0.134. The maximum atomic E-state index is 14.4. The van der Waals surface area contributed by atoms with Crippen LogP contribution in [0.25, 0.3) is 0 Å². The summed E-state index contributed by atoms with van der Waals surface area (Å²) < 4.78 is 20.5. The van der Waals surface area contributed by atoms with E-state index in [1.54, 1.807) is 48.5 Å². The van der Waals surface area contributed by atoms with Gasteiger partial charge in [-0.3, -0.25) is 14.6 Å². The van der Waals surface area contributed by atoms with Gasteiger partial charge in [0.05, 0.1) is 12.3 Å². The highest BCUT2D eigenvalue weighted by Crippen LogP contribution is 2.27. The standard InChI is InChI=1S/C26H24FIN4O6/c27-20-11-16(28)6-9-21(20)30-24(35)22(12-17-3-1-2-10-29-17)32-25(36)23(31-26(32)37)15-4-7-19(8-5-15)38-14-18(34)13-33/h1-11,18,22-23,33-34H,12-14H2,(H,30,35)(H,31,37)/t18-,22+,23-/m1/s1. The van der Waals surface area contributed by atoms with Gasteiger partial charge in [0.15, 0.2) is 0 Å². The number of rotatable bonds is 10. The number of carbonyl (C=O) groups is 3. The van der Waals surface area contributed by atoms with E-state index >= 15 is 0 Å². The number of nitrogens with one attached hydrogen (secondary N) is 2. The van der Waals surface area contributed by atoms with E-state index in [1.165, 1.54) is 18.3 Å². The van der Waals surface area contributed by atoms with Crippen LogP contribution in [0.3, 0.4) is 0 Å². The molecule has 1 aliphatic heterocycles. The van der Waals surface area contributed by atoms with Crippen molar-refractivity contribution >= 4 is 46.1 Å². The van der Waals surface area contributed by atoms with Crippen molar-refractivity contribution in [1.29, 1.82) is 0 Å². The van der Waals surface area contributed by atoms with E-state index in [4.69, 9.17) is 9.84 Å². The van der Waals surface area contributed by atoms with Crippen molar-refractivity contribution in [3.8, 4) is 5.75 Å². The first-order chi connectivity index (χ1) is 18.3. The Morgan fingerprint density at radius 2 is 1.95 bits per heavy atom. The molecular weight excluding hydrogens is 610 g/mol. The Morgan fingerprint density at radius 1 is 1.18 bits per heavy atom. The molecule has 4 rings (SSSR count). The molecule has 0 unspecified atom stereocenters. The highest BCUT2D eigenvalue weighted by Gasteiger charge is 2.45. The molecule has 10 nitrogen and oxygen atoms in total. The Morgan fingerprint density at radius 3 is 2.61 bits per heavy atom. The largest absolute Gasteiger partial charge is 0.491 e. The van der Waals surface area contributed by atoms with Crippen LogP contribution >= 0.6 is 22.6 Å². The predicted octanol–water partition coefficient (Wildman–Crippen LogP) is 2.40. The number of pyridine rings is 1. The monoisotopic (exact) mass is 634 g/mol. The summed E-state index contributed by atoms with van der Waals surface area (Å²) in [6.07, 6.45) is 0.417. The number of hydrogen-bond acceptors (Lipinski definition) is 7. The molecule has 4 amide bonds. The topological polar surface area (TPSA) is 141 Å². The Hall–Kier alpha value is -3.62. The molecule has 1 aromatic heterocycles. The third-order valence-corrected chi connectivity index (χ3v) is 6.44. The molecule has 12 heteroatoms. The van der Waals surface area contributed by atoms with E-state index < -0.39 is 48.5 Å². The SMILES string of the molecule is O=C(Nc1ccc(I)cc1F)[C@H](Cc1ccccn1)N1C(=O)N[C@H](c2ccc(OC[C@H](O)CO)cc2)C1=O. The number of aliphatic hydroxyl groups excluding tert-OH is 2. The smallest absolute Gasteiger partial charge is 0.325 e. The van der Waals surface area contributed by atoms with Gasteiger partial charge < -0.3 is 25.6 Å². The molecule has 0 saturated carbocycles. The van der Waals surface area contributed by atoms with E-state index in [1.807, 2.05) is 22.6 Å². The lowest BCUT2D eigenvalue weighted by Crippen LogP contribution is -2.49. The van der Waals surface area contributed by atoms with Gasteiger partial charge in [-0.1, -0.05) is 18.2 Å². The van der Waals surface area contributed by atoms with Crippen molar-refractivity contribution in [2.24, 2.45) is 0 Å². The van der Waals surface area contributed by atoms with Crippen molar-refractivity contribution in [2.45, 2.75) is 24.6 Å². The van der Waals surface area contributed by atoms with Crippen LogP contribution in [0.2, 0.25) is 0 Å². The van der Waals surface area contributed by atoms with E-state index in [9.17, 15) is 23.9 Å². The fraction of sp³-hybridized carbons (Fsp3) is 0.231. The second-order valence-corrected chi connectivity index (χ2v) is 9.71. The summed E-state index contributed by atoms with van der Waals surface area (Å²) in [7, 11) is 0. The van der Waals surface area contributed by atoms with Gasteiger partial charge in [0.2, 0.25) is 5.91 Å². The van der Waals surface area contributed by atoms with Gasteiger partial charge in [-0.05, 0) is 70.6 Å². The molecule has 4 N–H and O–H groups in total. The number of aliphatic hydroxyl groups is 2. The van der Waals surface area contributed by atoms with E-state index in [-0.39, 0.29) is 18.7 Å². The molecule has 198 valence electrons. The lowest BCUT2D eigenvalue weighted by atomic mass is 10.0. The fourth-order valence-corrected chi connectivity index (χ4v) is 4.29. The number of halogens is 2. The highest BCUT2D eigenvalue weighted by atomic mass is 127. The molecule has 0 bridgehead atoms. The number of nitrogens with zero attached hydrogens (tertiary/aromatic N) is 2. The summed E-state index contributed by atoms with van der Waals surface area (Å²) in [6.45, 7) is -0.561. The second kappa shape index (κ2) is 12.3. The first-order valence-corrected chi connectivity index (χ1v) is 12.7. The van der Waals surface area contributed by atoms with Crippen molar-refractivity contribution < 1.29 is 33.7 Å². The average molecular weight is 634 g/mol. The van der Waals surface area contributed by atoms with Crippen molar-refractivity contribution in [3.63, 3.8) is 0 Å². The van der Waals surface area contributed by atoms with Crippen molar-refractivity contribution in [3.05, 3.63) is 87.5 Å². The maximum absolute atomic E-state index is 14.4. The number of anilines is 1. The summed E-state index contributed by atoms with van der Waals surface area (Å²) in [4.78, 5) is 44.8. The Kier molecular flexibility index (Phi) is 8.86. The molecular formula is C26H24FIN4O6. The molecule has 0 radical (unpaired) electrons. The molecule has 3 atom stereocenters. The van der Waals surface area contributed by atoms with Crippen molar-refractivity contribution in [1.82, 2.24) is 15.2 Å². The Balaban J connectivity index is 1.56. The average Bonchev–Trinajstić information content (AvgIpc) is 3.21. The zero-order chi connectivity index (χ0) is 27.2. The molecule has 38 heavy (non-hydrogen) atoms. The summed E-state index contributed by atoms with van der Waals surface area (Å²) in [5.41, 5.74) is 0.833. The minimum atomic E-state index is -1.30. The first kappa shape index (κ1) is 27.4. The van der Waals surface area contributed by atoms with E-state index in [0.717, 1.165) is 4.90 Å². The number of carbonyl (C=O) groups excluding carboxylic acids is 3. The van der Waals surface area contributed by atoms with Crippen LogP contribution in [0, 0.1) is 9.39 Å². The second-order valence-electron chi connectivity index (χ2n) is 8.46. The van der Waals surface area contributed by atoms with Crippen LogP contribution in [0.5, 0.6) is 5.75 Å². The van der Waals surface area contributed by atoms with Gasteiger partial charge >= 0.3 is 6.03 Å². The minimum Gasteiger partial charge on any atom is -0.491 e. The molecule has 2 heterocycles. The Labute approximate surface area is 231 Å². The van der Waals surface area contributed by atoms with Crippen LogP contribution in [0.4, 0.5) is 14.9 Å². The molecule has 1 aliphatic rings. The third kappa shape index (κ3) is 6.44. The Bertz CT molecular complexity index is 1310. The number of amides is 4. The first-order valence-electron chi connectivity index (χ1n) is 11.6. The highest BCUT2D eigenvalue weighted by molar-refractivity contribution is 14.1. The number of urea groups is 1. The van der Waals surface area contributed by atoms with Gasteiger partial charge in [0.25, 0.3) is 5.91 Å². The van der Waals surface area contributed by atoms with Gasteiger partial charge in [0, 0.05) is 21.9 Å². The molecule has 1 fully saturated rings. The van der Waals surface area contributed by atoms with Gasteiger partial charge in [-0.15, -0.1) is 0 Å². The fourth-order valence-electron chi connectivity index (χ4n) is 3.84. The molecule has 2 aromatic carbocycles. The predicted molar refractivity (Wildman–Crippen MR) is 143 cm³/mol. The van der Waals surface area contributed by atoms with Gasteiger partial charge in [0.1, 0.15) is 36.4 Å². The zero-order valence-electron chi connectivity index (χ0n) is 19.9. The number of hydrogen-bond donors (Lipinski definition) is 4. The maximum Gasteiger partial charge on any atom is 0.325 e. The van der Waals surface area contributed by atoms with Crippen molar-refractivity contribution in [2.75, 3.05) is 18.5 Å². The molecule has 3 aromatic rings. The number of aromatic nitrogens is 1. The quantitative estimate of drug-likeness (QED) is 0.198. The van der Waals surface area contributed by atoms with Gasteiger partial charge in [-0.25, -0.2) is 14.1 Å². The summed E-state index contributed by atoms with van der Waals surface area (Å²) in [6, 6.07) is 12.5. The molecule has 0 spiro atoms. The summed E-state index contributed by atoms with van der Waals surface area (Å²) >= 11 is 1.94. The molecule has 1 saturated heterocycles. The van der Waals surface area contributed by atoms with Crippen LogP contribution in [-0.2, 0) is 16.0 Å². The summed E-state index contributed by atoms with van der Waals surface area (Å²) in [5, 5.41) is 23.4.